The lowest BCUT2D eigenvalue weighted by molar-refractivity contribution is -0.0447. The SMILES string of the molecule is OCCC#Cc1cc(F)cc(COCC2CCCCO2)c1. The topological polar surface area (TPSA) is 38.7 Å². The highest BCUT2D eigenvalue weighted by atomic mass is 19.1. The summed E-state index contributed by atoms with van der Waals surface area (Å²) >= 11 is 0. The Hall–Kier alpha value is -1.41. The van der Waals surface area contributed by atoms with Crippen LogP contribution in [0.2, 0.25) is 0 Å². The number of aliphatic hydroxyl groups excluding tert-OH is 1. The molecule has 1 atom stereocenters. The lowest BCUT2D eigenvalue weighted by Gasteiger charge is -2.22. The van der Waals surface area contributed by atoms with Gasteiger partial charge in [-0.15, -0.1) is 0 Å². The summed E-state index contributed by atoms with van der Waals surface area (Å²) in [4.78, 5) is 0. The minimum atomic E-state index is -0.321. The Morgan fingerprint density at radius 1 is 1.33 bits per heavy atom. The van der Waals surface area contributed by atoms with Gasteiger partial charge >= 0.3 is 0 Å². The molecule has 0 amide bonds. The molecule has 0 bridgehead atoms. The largest absolute Gasteiger partial charge is 0.395 e. The van der Waals surface area contributed by atoms with Crippen LogP contribution in [0, 0.1) is 17.7 Å². The average molecular weight is 292 g/mol. The standard InChI is InChI=1S/C17H21FO3/c18-16-10-14(5-1-3-7-19)9-15(11-16)12-20-13-17-6-2-4-8-21-17/h9-11,17,19H,2-4,6-8,12-13H2. The van der Waals surface area contributed by atoms with Gasteiger partial charge in [0.1, 0.15) is 5.82 Å². The van der Waals surface area contributed by atoms with Crippen molar-refractivity contribution in [3.63, 3.8) is 0 Å². The van der Waals surface area contributed by atoms with Gasteiger partial charge in [0.15, 0.2) is 0 Å². The zero-order valence-corrected chi connectivity index (χ0v) is 12.1. The van der Waals surface area contributed by atoms with E-state index < -0.39 is 0 Å². The number of hydrogen-bond acceptors (Lipinski definition) is 3. The fourth-order valence-corrected chi connectivity index (χ4v) is 2.27. The molecule has 1 aliphatic rings. The maximum Gasteiger partial charge on any atom is 0.124 e. The second kappa shape index (κ2) is 8.78. The molecule has 1 N–H and O–H groups in total. The van der Waals surface area contributed by atoms with E-state index in [9.17, 15) is 4.39 Å². The number of ether oxygens (including phenoxy) is 2. The molecule has 1 unspecified atom stereocenters. The van der Waals surface area contributed by atoms with Crippen molar-refractivity contribution >= 4 is 0 Å². The quantitative estimate of drug-likeness (QED) is 0.848. The average Bonchev–Trinajstić information content (AvgIpc) is 2.48. The second-order valence-electron chi connectivity index (χ2n) is 5.13. The molecule has 0 aliphatic carbocycles. The Labute approximate surface area is 125 Å². The number of hydrogen-bond donors (Lipinski definition) is 1. The van der Waals surface area contributed by atoms with E-state index in [1.165, 1.54) is 18.6 Å². The van der Waals surface area contributed by atoms with Gasteiger partial charge < -0.3 is 14.6 Å². The van der Waals surface area contributed by atoms with Gasteiger partial charge in [-0.25, -0.2) is 4.39 Å². The summed E-state index contributed by atoms with van der Waals surface area (Å²) in [6, 6.07) is 4.66. The van der Waals surface area contributed by atoms with Crippen LogP contribution in [0.5, 0.6) is 0 Å². The van der Waals surface area contributed by atoms with E-state index in [-0.39, 0.29) is 18.5 Å². The molecule has 3 nitrogen and oxygen atoms in total. The molecule has 4 heteroatoms. The van der Waals surface area contributed by atoms with Crippen molar-refractivity contribution < 1.29 is 19.0 Å². The smallest absolute Gasteiger partial charge is 0.124 e. The first-order valence-corrected chi connectivity index (χ1v) is 7.36. The maximum absolute atomic E-state index is 13.5. The fraction of sp³-hybridized carbons (Fsp3) is 0.529. The summed E-state index contributed by atoms with van der Waals surface area (Å²) in [5, 5.41) is 8.68. The van der Waals surface area contributed by atoms with Gasteiger partial charge in [0.25, 0.3) is 0 Å². The summed E-state index contributed by atoms with van der Waals surface area (Å²) in [7, 11) is 0. The Kier molecular flexibility index (Phi) is 6.68. The third kappa shape index (κ3) is 5.84. The van der Waals surface area contributed by atoms with E-state index in [1.807, 2.05) is 6.07 Å². The van der Waals surface area contributed by atoms with Crippen LogP contribution >= 0.6 is 0 Å². The predicted molar refractivity (Wildman–Crippen MR) is 78.2 cm³/mol. The van der Waals surface area contributed by atoms with E-state index >= 15 is 0 Å². The van der Waals surface area contributed by atoms with Crippen molar-refractivity contribution in [2.75, 3.05) is 19.8 Å². The molecule has 1 aromatic rings. The van der Waals surface area contributed by atoms with Gasteiger partial charge in [-0.2, -0.15) is 0 Å². The molecule has 0 spiro atoms. The van der Waals surface area contributed by atoms with Crippen LogP contribution in [0.4, 0.5) is 4.39 Å². The van der Waals surface area contributed by atoms with Crippen molar-refractivity contribution in [1.29, 1.82) is 0 Å². The lowest BCUT2D eigenvalue weighted by atomic mass is 10.1. The minimum absolute atomic E-state index is 0.0136. The van der Waals surface area contributed by atoms with Gasteiger partial charge in [-0.05, 0) is 43.0 Å². The molecular formula is C17H21FO3. The van der Waals surface area contributed by atoms with Crippen molar-refractivity contribution in [3.8, 4) is 11.8 Å². The van der Waals surface area contributed by atoms with Crippen LogP contribution in [0.15, 0.2) is 18.2 Å². The summed E-state index contributed by atoms with van der Waals surface area (Å²) in [6.07, 6.45) is 3.88. The van der Waals surface area contributed by atoms with Crippen molar-refractivity contribution in [1.82, 2.24) is 0 Å². The molecule has 0 aromatic heterocycles. The van der Waals surface area contributed by atoms with E-state index in [1.54, 1.807) is 0 Å². The monoisotopic (exact) mass is 292 g/mol. The van der Waals surface area contributed by atoms with Gasteiger partial charge in [0.2, 0.25) is 0 Å². The van der Waals surface area contributed by atoms with Crippen molar-refractivity contribution in [2.45, 2.75) is 38.4 Å². The molecular weight excluding hydrogens is 271 g/mol. The highest BCUT2D eigenvalue weighted by Crippen LogP contribution is 2.14. The molecule has 2 rings (SSSR count). The molecule has 1 aromatic carbocycles. The van der Waals surface area contributed by atoms with Gasteiger partial charge in [-0.3, -0.25) is 0 Å². The summed E-state index contributed by atoms with van der Waals surface area (Å²) in [5.74, 6) is 5.30. The normalized spacial score (nSPS) is 18.1. The van der Waals surface area contributed by atoms with Gasteiger partial charge in [-0.1, -0.05) is 11.8 Å². The Morgan fingerprint density at radius 3 is 3.00 bits per heavy atom. The Balaban J connectivity index is 1.86. The number of aliphatic hydroxyl groups is 1. The van der Waals surface area contributed by atoms with E-state index in [0.29, 0.717) is 25.2 Å². The summed E-state index contributed by atoms with van der Waals surface area (Å²) < 4.78 is 24.7. The van der Waals surface area contributed by atoms with Crippen LogP contribution in [0.25, 0.3) is 0 Å². The minimum Gasteiger partial charge on any atom is -0.395 e. The van der Waals surface area contributed by atoms with Crippen LogP contribution in [0.3, 0.4) is 0 Å². The van der Waals surface area contributed by atoms with Crippen molar-refractivity contribution in [3.05, 3.63) is 35.1 Å². The number of benzene rings is 1. The second-order valence-corrected chi connectivity index (χ2v) is 5.13. The molecule has 1 saturated heterocycles. The molecule has 0 saturated carbocycles. The van der Waals surface area contributed by atoms with Crippen molar-refractivity contribution in [2.24, 2.45) is 0 Å². The molecule has 0 radical (unpaired) electrons. The summed E-state index contributed by atoms with van der Waals surface area (Å²) in [5.41, 5.74) is 1.37. The highest BCUT2D eigenvalue weighted by molar-refractivity contribution is 5.37. The zero-order valence-electron chi connectivity index (χ0n) is 12.1. The van der Waals surface area contributed by atoms with Crippen LogP contribution in [-0.2, 0) is 16.1 Å². The number of halogens is 1. The Bertz CT molecular complexity index is 498. The molecule has 1 fully saturated rings. The predicted octanol–water partition coefficient (Wildman–Crippen LogP) is 2.65. The molecule has 114 valence electrons. The lowest BCUT2D eigenvalue weighted by Crippen LogP contribution is -2.24. The molecule has 1 aliphatic heterocycles. The third-order valence-electron chi connectivity index (χ3n) is 3.27. The van der Waals surface area contributed by atoms with E-state index in [4.69, 9.17) is 14.6 Å². The molecule has 21 heavy (non-hydrogen) atoms. The number of rotatable bonds is 5. The van der Waals surface area contributed by atoms with Gasteiger partial charge in [0, 0.05) is 18.6 Å². The van der Waals surface area contributed by atoms with Crippen LogP contribution < -0.4 is 0 Å². The first-order valence-electron chi connectivity index (χ1n) is 7.36. The Morgan fingerprint density at radius 2 is 2.24 bits per heavy atom. The van der Waals surface area contributed by atoms with Crippen LogP contribution in [0.1, 0.15) is 36.8 Å². The first-order chi connectivity index (χ1) is 10.3. The molecule has 1 heterocycles. The maximum atomic E-state index is 13.5. The zero-order chi connectivity index (χ0) is 14.9. The third-order valence-corrected chi connectivity index (χ3v) is 3.27. The van der Waals surface area contributed by atoms with E-state index in [2.05, 4.69) is 11.8 Å². The van der Waals surface area contributed by atoms with E-state index in [0.717, 1.165) is 25.0 Å². The first kappa shape index (κ1) is 16.0. The van der Waals surface area contributed by atoms with Crippen LogP contribution in [-0.4, -0.2) is 31.0 Å². The highest BCUT2D eigenvalue weighted by Gasteiger charge is 2.13. The van der Waals surface area contributed by atoms with Gasteiger partial charge in [0.05, 0.1) is 25.9 Å². The fourth-order valence-electron chi connectivity index (χ4n) is 2.27. The summed E-state index contributed by atoms with van der Waals surface area (Å²) in [6.45, 7) is 1.71.